The highest BCUT2D eigenvalue weighted by Gasteiger charge is 2.25. The normalized spacial score (nSPS) is 17.3. The van der Waals surface area contributed by atoms with E-state index in [1.165, 1.54) is 12.8 Å². The molecule has 1 aliphatic rings. The van der Waals surface area contributed by atoms with Gasteiger partial charge in [0.15, 0.2) is 0 Å². The number of imidazole rings is 1. The van der Waals surface area contributed by atoms with Crippen molar-refractivity contribution in [3.63, 3.8) is 0 Å². The van der Waals surface area contributed by atoms with Gasteiger partial charge in [-0.1, -0.05) is 18.9 Å². The molecule has 0 aliphatic heterocycles. The molecule has 0 saturated heterocycles. The lowest BCUT2D eigenvalue weighted by Crippen LogP contribution is -2.19. The van der Waals surface area contributed by atoms with Gasteiger partial charge in [-0.05, 0) is 30.0 Å². The Hall–Kier alpha value is -1.55. The van der Waals surface area contributed by atoms with Gasteiger partial charge in [-0.25, -0.2) is 4.79 Å². The van der Waals surface area contributed by atoms with Crippen molar-refractivity contribution in [2.24, 2.45) is 20.0 Å². The standard InChI is InChI=1S/C14H18N2O2/c1-15-11-6-5-10(13(17)7-9-3-4-9)8-12(11)16(2)14(15)18/h5-6,8-9,13,17H,3-4,7H2,1-2H3. The molecule has 1 aromatic carbocycles. The molecule has 4 nitrogen and oxygen atoms in total. The predicted octanol–water partition coefficient (Wildman–Crippen LogP) is 1.71. The number of fused-ring (bicyclic) bond motifs is 1. The number of aliphatic hydroxyl groups excluding tert-OH is 1. The maximum Gasteiger partial charge on any atom is 0.328 e. The molecule has 3 rings (SSSR count). The van der Waals surface area contributed by atoms with Crippen molar-refractivity contribution in [1.29, 1.82) is 0 Å². The van der Waals surface area contributed by atoms with Crippen LogP contribution in [0.25, 0.3) is 11.0 Å². The van der Waals surface area contributed by atoms with Crippen LogP contribution < -0.4 is 5.69 Å². The molecule has 4 heteroatoms. The highest BCUT2D eigenvalue weighted by Crippen LogP contribution is 2.37. The lowest BCUT2D eigenvalue weighted by molar-refractivity contribution is 0.160. The van der Waals surface area contributed by atoms with Crippen LogP contribution in [-0.4, -0.2) is 14.2 Å². The Morgan fingerprint density at radius 1 is 1.28 bits per heavy atom. The molecule has 96 valence electrons. The van der Waals surface area contributed by atoms with Gasteiger partial charge in [0.2, 0.25) is 0 Å². The predicted molar refractivity (Wildman–Crippen MR) is 70.5 cm³/mol. The van der Waals surface area contributed by atoms with E-state index in [1.54, 1.807) is 23.2 Å². The fourth-order valence-corrected chi connectivity index (χ4v) is 2.54. The molecule has 1 fully saturated rings. The molecule has 1 N–H and O–H groups in total. The zero-order chi connectivity index (χ0) is 12.9. The van der Waals surface area contributed by atoms with Gasteiger partial charge in [0.1, 0.15) is 0 Å². The maximum atomic E-state index is 11.8. The van der Waals surface area contributed by atoms with E-state index in [0.29, 0.717) is 5.92 Å². The number of hydrogen-bond acceptors (Lipinski definition) is 2. The first-order chi connectivity index (χ1) is 8.58. The summed E-state index contributed by atoms with van der Waals surface area (Å²) in [6.07, 6.45) is 2.91. The topological polar surface area (TPSA) is 47.2 Å². The Bertz CT molecular complexity index is 650. The quantitative estimate of drug-likeness (QED) is 0.896. The third-order valence-corrected chi connectivity index (χ3v) is 3.93. The van der Waals surface area contributed by atoms with Crippen molar-refractivity contribution in [2.45, 2.75) is 25.4 Å². The number of benzene rings is 1. The minimum atomic E-state index is -0.405. The molecule has 2 aromatic rings. The van der Waals surface area contributed by atoms with E-state index in [-0.39, 0.29) is 5.69 Å². The smallest absolute Gasteiger partial charge is 0.328 e. The fraction of sp³-hybridized carbons (Fsp3) is 0.500. The first kappa shape index (κ1) is 11.5. The van der Waals surface area contributed by atoms with Crippen LogP contribution in [0, 0.1) is 5.92 Å². The number of hydrogen-bond donors (Lipinski definition) is 1. The molecule has 1 unspecified atom stereocenters. The zero-order valence-corrected chi connectivity index (χ0v) is 10.8. The van der Waals surface area contributed by atoms with E-state index in [0.717, 1.165) is 23.0 Å². The van der Waals surface area contributed by atoms with Gasteiger partial charge in [-0.15, -0.1) is 0 Å². The third kappa shape index (κ3) is 1.77. The fourth-order valence-electron chi connectivity index (χ4n) is 2.54. The van der Waals surface area contributed by atoms with Crippen LogP contribution in [0.15, 0.2) is 23.0 Å². The lowest BCUT2D eigenvalue weighted by atomic mass is 10.0. The Kier molecular flexibility index (Phi) is 2.55. The van der Waals surface area contributed by atoms with Gasteiger partial charge in [0.05, 0.1) is 17.1 Å². The summed E-state index contributed by atoms with van der Waals surface area (Å²) in [6.45, 7) is 0. The summed E-state index contributed by atoms with van der Waals surface area (Å²) in [6, 6.07) is 5.78. The molecule has 18 heavy (non-hydrogen) atoms. The number of rotatable bonds is 3. The Labute approximate surface area is 105 Å². The van der Waals surface area contributed by atoms with E-state index in [1.807, 2.05) is 18.2 Å². The first-order valence-corrected chi connectivity index (χ1v) is 6.41. The van der Waals surface area contributed by atoms with Crippen LogP contribution >= 0.6 is 0 Å². The van der Waals surface area contributed by atoms with Crippen molar-refractivity contribution in [2.75, 3.05) is 0 Å². The van der Waals surface area contributed by atoms with E-state index in [9.17, 15) is 9.90 Å². The Morgan fingerprint density at radius 3 is 2.61 bits per heavy atom. The second kappa shape index (κ2) is 3.99. The minimum absolute atomic E-state index is 0.0289. The highest BCUT2D eigenvalue weighted by molar-refractivity contribution is 5.76. The van der Waals surface area contributed by atoms with Crippen LogP contribution in [-0.2, 0) is 14.1 Å². The van der Waals surface area contributed by atoms with Crippen molar-refractivity contribution >= 4 is 11.0 Å². The molecule has 0 bridgehead atoms. The van der Waals surface area contributed by atoms with Gasteiger partial charge < -0.3 is 5.11 Å². The maximum absolute atomic E-state index is 11.8. The first-order valence-electron chi connectivity index (χ1n) is 6.41. The number of nitrogens with zero attached hydrogens (tertiary/aromatic N) is 2. The molecule has 1 aliphatic carbocycles. The highest BCUT2D eigenvalue weighted by atomic mass is 16.3. The average molecular weight is 246 g/mol. The number of aliphatic hydroxyl groups is 1. The second-order valence-electron chi connectivity index (χ2n) is 5.34. The SMILES string of the molecule is Cn1c(=O)n(C)c2cc(C(O)CC3CC3)ccc21. The van der Waals surface area contributed by atoms with Crippen LogP contribution in [0.4, 0.5) is 0 Å². The van der Waals surface area contributed by atoms with E-state index in [2.05, 4.69) is 0 Å². The monoisotopic (exact) mass is 246 g/mol. The van der Waals surface area contributed by atoms with Crippen LogP contribution in [0.1, 0.15) is 30.9 Å². The summed E-state index contributed by atoms with van der Waals surface area (Å²) in [5, 5.41) is 10.2. The zero-order valence-electron chi connectivity index (χ0n) is 10.8. The van der Waals surface area contributed by atoms with Gasteiger partial charge in [-0.3, -0.25) is 9.13 Å². The van der Waals surface area contributed by atoms with Crippen LogP contribution in [0.5, 0.6) is 0 Å². The second-order valence-corrected chi connectivity index (χ2v) is 5.34. The molecular weight excluding hydrogens is 228 g/mol. The van der Waals surface area contributed by atoms with E-state index >= 15 is 0 Å². The summed E-state index contributed by atoms with van der Waals surface area (Å²) < 4.78 is 3.26. The lowest BCUT2D eigenvalue weighted by Gasteiger charge is -2.10. The molecule has 0 radical (unpaired) electrons. The van der Waals surface area contributed by atoms with Crippen molar-refractivity contribution in [1.82, 2.24) is 9.13 Å². The van der Waals surface area contributed by atoms with Gasteiger partial charge in [-0.2, -0.15) is 0 Å². The molecular formula is C14H18N2O2. The summed E-state index contributed by atoms with van der Waals surface area (Å²) >= 11 is 0. The third-order valence-electron chi connectivity index (χ3n) is 3.93. The largest absolute Gasteiger partial charge is 0.388 e. The summed E-state index contributed by atoms with van der Waals surface area (Å²) in [5.74, 6) is 0.690. The van der Waals surface area contributed by atoms with Gasteiger partial charge in [0, 0.05) is 14.1 Å². The Morgan fingerprint density at radius 2 is 1.94 bits per heavy atom. The van der Waals surface area contributed by atoms with Crippen molar-refractivity contribution < 1.29 is 5.11 Å². The van der Waals surface area contributed by atoms with Crippen LogP contribution in [0.3, 0.4) is 0 Å². The number of aromatic nitrogens is 2. The molecule has 1 aromatic heterocycles. The van der Waals surface area contributed by atoms with Crippen molar-refractivity contribution in [3.8, 4) is 0 Å². The Balaban J connectivity index is 2.04. The number of aryl methyl sites for hydroxylation is 2. The summed E-state index contributed by atoms with van der Waals surface area (Å²) in [4.78, 5) is 11.8. The average Bonchev–Trinajstić information content (AvgIpc) is 3.15. The molecule has 1 saturated carbocycles. The van der Waals surface area contributed by atoms with E-state index in [4.69, 9.17) is 0 Å². The van der Waals surface area contributed by atoms with Gasteiger partial charge in [0.25, 0.3) is 0 Å². The molecule has 1 heterocycles. The van der Waals surface area contributed by atoms with E-state index < -0.39 is 6.10 Å². The molecule has 0 amide bonds. The van der Waals surface area contributed by atoms with Crippen LogP contribution in [0.2, 0.25) is 0 Å². The molecule has 0 spiro atoms. The minimum Gasteiger partial charge on any atom is -0.388 e. The van der Waals surface area contributed by atoms with Crippen molar-refractivity contribution in [3.05, 3.63) is 34.2 Å². The van der Waals surface area contributed by atoms with Gasteiger partial charge >= 0.3 is 5.69 Å². The summed E-state index contributed by atoms with van der Waals surface area (Å²) in [7, 11) is 3.53. The molecule has 1 atom stereocenters. The summed E-state index contributed by atoms with van der Waals surface area (Å²) in [5.41, 5.74) is 2.68.